The van der Waals surface area contributed by atoms with Gasteiger partial charge in [0.15, 0.2) is 0 Å². The van der Waals surface area contributed by atoms with Crippen molar-refractivity contribution in [2.45, 2.75) is 39.2 Å². The van der Waals surface area contributed by atoms with Gasteiger partial charge in [-0.3, -0.25) is 9.69 Å². The van der Waals surface area contributed by atoms with Crippen LogP contribution in [0.25, 0.3) is 0 Å². The van der Waals surface area contributed by atoms with Crippen LogP contribution >= 0.6 is 0 Å². The molecule has 3 amide bonds. The summed E-state index contributed by atoms with van der Waals surface area (Å²) < 4.78 is 6.06. The number of benzene rings is 1. The fraction of sp³-hybridized carbons (Fsp3) is 0.600. The number of fused-ring (bicyclic) bond motifs is 2. The molecule has 2 aliphatic rings. The van der Waals surface area contributed by atoms with Crippen LogP contribution in [0.15, 0.2) is 18.2 Å². The lowest BCUT2D eigenvalue weighted by molar-refractivity contribution is -0.118. The van der Waals surface area contributed by atoms with Gasteiger partial charge in [0.2, 0.25) is 5.91 Å². The Kier molecular flexibility index (Phi) is 6.21. The number of hydrogen-bond donors (Lipinski definition) is 2. The number of ether oxygens (including phenoxy) is 1. The topological polar surface area (TPSA) is 73.9 Å². The molecule has 3 rings (SSSR count). The van der Waals surface area contributed by atoms with Gasteiger partial charge in [-0.05, 0) is 30.0 Å². The first-order chi connectivity index (χ1) is 13.0. The van der Waals surface area contributed by atoms with Crippen molar-refractivity contribution in [3.8, 4) is 5.75 Å². The van der Waals surface area contributed by atoms with Gasteiger partial charge in [0, 0.05) is 26.2 Å². The van der Waals surface area contributed by atoms with E-state index < -0.39 is 0 Å². The molecule has 1 atom stereocenters. The number of nitrogens with zero attached hydrogens (tertiary/aromatic N) is 2. The Hall–Kier alpha value is -2.28. The van der Waals surface area contributed by atoms with Crippen LogP contribution in [-0.4, -0.2) is 67.1 Å². The SMILES string of the molecule is CCCNC(=O)N1CCN2CC(=O)Nc3cc(C(C)C)ccc3OC[C@@H]2C1. The highest BCUT2D eigenvalue weighted by Gasteiger charge is 2.32. The zero-order valence-corrected chi connectivity index (χ0v) is 16.5. The van der Waals surface area contributed by atoms with Gasteiger partial charge in [0.05, 0.1) is 18.3 Å². The molecule has 2 aliphatic heterocycles. The molecule has 7 nitrogen and oxygen atoms in total. The highest BCUT2D eigenvalue weighted by Crippen LogP contribution is 2.30. The van der Waals surface area contributed by atoms with E-state index in [2.05, 4.69) is 29.4 Å². The van der Waals surface area contributed by atoms with E-state index in [1.165, 1.54) is 0 Å². The van der Waals surface area contributed by atoms with Crippen LogP contribution < -0.4 is 15.4 Å². The van der Waals surface area contributed by atoms with E-state index in [4.69, 9.17) is 4.74 Å². The minimum atomic E-state index is -0.0449. The number of rotatable bonds is 3. The quantitative estimate of drug-likeness (QED) is 0.851. The maximum absolute atomic E-state index is 12.5. The number of nitrogens with one attached hydrogen (secondary N) is 2. The molecular weight excluding hydrogens is 344 g/mol. The average Bonchev–Trinajstić information content (AvgIpc) is 2.71. The van der Waals surface area contributed by atoms with Crippen molar-refractivity contribution in [3.63, 3.8) is 0 Å². The number of urea groups is 1. The average molecular weight is 374 g/mol. The third-order valence-electron chi connectivity index (χ3n) is 5.14. The summed E-state index contributed by atoms with van der Waals surface area (Å²) in [5, 5.41) is 5.92. The smallest absolute Gasteiger partial charge is 0.317 e. The van der Waals surface area contributed by atoms with E-state index in [0.717, 1.165) is 17.7 Å². The fourth-order valence-electron chi connectivity index (χ4n) is 3.48. The molecule has 0 unspecified atom stereocenters. The van der Waals surface area contributed by atoms with Gasteiger partial charge < -0.3 is 20.3 Å². The van der Waals surface area contributed by atoms with E-state index in [-0.39, 0.29) is 18.0 Å². The Morgan fingerprint density at radius 2 is 2.19 bits per heavy atom. The first-order valence-corrected chi connectivity index (χ1v) is 9.81. The molecule has 7 heteroatoms. The van der Waals surface area contributed by atoms with Crippen molar-refractivity contribution in [1.29, 1.82) is 0 Å². The van der Waals surface area contributed by atoms with Gasteiger partial charge >= 0.3 is 6.03 Å². The van der Waals surface area contributed by atoms with Gasteiger partial charge in [-0.25, -0.2) is 4.79 Å². The van der Waals surface area contributed by atoms with E-state index in [1.807, 2.05) is 30.0 Å². The molecule has 2 N–H and O–H groups in total. The summed E-state index contributed by atoms with van der Waals surface area (Å²) in [6, 6.07) is 5.91. The van der Waals surface area contributed by atoms with Crippen LogP contribution in [-0.2, 0) is 4.79 Å². The summed E-state index contributed by atoms with van der Waals surface area (Å²) in [6.45, 7) is 9.54. The molecule has 1 fully saturated rings. The van der Waals surface area contributed by atoms with Gasteiger partial charge in [0.1, 0.15) is 12.4 Å². The van der Waals surface area contributed by atoms with E-state index in [9.17, 15) is 9.59 Å². The highest BCUT2D eigenvalue weighted by atomic mass is 16.5. The second kappa shape index (κ2) is 8.61. The van der Waals surface area contributed by atoms with Crippen molar-refractivity contribution in [2.75, 3.05) is 44.6 Å². The molecule has 0 saturated carbocycles. The lowest BCUT2D eigenvalue weighted by Gasteiger charge is -2.40. The summed E-state index contributed by atoms with van der Waals surface area (Å²) in [6.07, 6.45) is 0.910. The van der Waals surface area contributed by atoms with Crippen molar-refractivity contribution in [3.05, 3.63) is 23.8 Å². The molecular formula is C20H30N4O3. The molecule has 1 aromatic rings. The molecule has 1 saturated heterocycles. The summed E-state index contributed by atoms with van der Waals surface area (Å²) in [7, 11) is 0. The minimum absolute atomic E-state index is 0.00685. The summed E-state index contributed by atoms with van der Waals surface area (Å²) in [4.78, 5) is 28.8. The van der Waals surface area contributed by atoms with Crippen molar-refractivity contribution in [2.24, 2.45) is 0 Å². The highest BCUT2D eigenvalue weighted by molar-refractivity contribution is 5.94. The molecule has 0 spiro atoms. The van der Waals surface area contributed by atoms with Crippen molar-refractivity contribution < 1.29 is 14.3 Å². The zero-order valence-electron chi connectivity index (χ0n) is 16.5. The zero-order chi connectivity index (χ0) is 19.4. The van der Waals surface area contributed by atoms with Gasteiger partial charge in [0.25, 0.3) is 0 Å². The van der Waals surface area contributed by atoms with Crippen LogP contribution in [0.3, 0.4) is 0 Å². The Bertz CT molecular complexity index is 692. The second-order valence-electron chi connectivity index (χ2n) is 7.57. The molecule has 27 heavy (non-hydrogen) atoms. The number of carbonyl (C=O) groups excluding carboxylic acids is 2. The predicted molar refractivity (Wildman–Crippen MR) is 105 cm³/mol. The normalized spacial score (nSPS) is 20.5. The Labute approximate surface area is 161 Å². The van der Waals surface area contributed by atoms with Crippen LogP contribution in [0.4, 0.5) is 10.5 Å². The number of hydrogen-bond acceptors (Lipinski definition) is 4. The predicted octanol–water partition coefficient (Wildman–Crippen LogP) is 2.25. The third-order valence-corrected chi connectivity index (χ3v) is 5.14. The summed E-state index contributed by atoms with van der Waals surface area (Å²) >= 11 is 0. The molecule has 0 bridgehead atoms. The van der Waals surface area contributed by atoms with Gasteiger partial charge in [-0.1, -0.05) is 26.8 Å². The summed E-state index contributed by atoms with van der Waals surface area (Å²) in [5.41, 5.74) is 1.89. The van der Waals surface area contributed by atoms with Gasteiger partial charge in [-0.15, -0.1) is 0 Å². The number of carbonyl (C=O) groups is 2. The van der Waals surface area contributed by atoms with Crippen LogP contribution in [0.2, 0.25) is 0 Å². The first kappa shape index (κ1) is 19.5. The van der Waals surface area contributed by atoms with E-state index in [0.29, 0.717) is 51.0 Å². The molecule has 148 valence electrons. The fourth-order valence-corrected chi connectivity index (χ4v) is 3.48. The Morgan fingerprint density at radius 3 is 2.93 bits per heavy atom. The van der Waals surface area contributed by atoms with E-state index >= 15 is 0 Å². The van der Waals surface area contributed by atoms with E-state index in [1.54, 1.807) is 0 Å². The monoisotopic (exact) mass is 374 g/mol. The maximum Gasteiger partial charge on any atom is 0.317 e. The standard InChI is InChI=1S/C20H30N4O3/c1-4-7-21-20(26)24-9-8-23-12-19(25)22-17-10-15(14(2)3)5-6-18(17)27-13-16(23)11-24/h5-6,10,14,16H,4,7-9,11-13H2,1-3H3,(H,21,26)(H,22,25)/t16-/m0/s1. The lowest BCUT2D eigenvalue weighted by atomic mass is 10.0. The number of amides is 3. The van der Waals surface area contributed by atoms with Gasteiger partial charge in [-0.2, -0.15) is 0 Å². The second-order valence-corrected chi connectivity index (χ2v) is 7.57. The first-order valence-electron chi connectivity index (χ1n) is 9.81. The third kappa shape index (κ3) is 4.71. The number of piperazine rings is 1. The van der Waals surface area contributed by atoms with Crippen LogP contribution in [0.5, 0.6) is 5.75 Å². The Morgan fingerprint density at radius 1 is 1.37 bits per heavy atom. The Balaban J connectivity index is 1.74. The maximum atomic E-state index is 12.5. The van der Waals surface area contributed by atoms with Crippen molar-refractivity contribution in [1.82, 2.24) is 15.1 Å². The van der Waals surface area contributed by atoms with Crippen LogP contribution in [0, 0.1) is 0 Å². The summed E-state index contributed by atoms with van der Waals surface area (Å²) in [5.74, 6) is 1.01. The van der Waals surface area contributed by atoms with Crippen molar-refractivity contribution >= 4 is 17.6 Å². The molecule has 0 radical (unpaired) electrons. The van der Waals surface area contributed by atoms with Crippen LogP contribution in [0.1, 0.15) is 38.7 Å². The molecule has 2 heterocycles. The molecule has 0 aliphatic carbocycles. The molecule has 1 aromatic carbocycles. The number of anilines is 1. The lowest BCUT2D eigenvalue weighted by Crippen LogP contribution is -2.59. The minimum Gasteiger partial charge on any atom is -0.490 e. The molecule has 0 aromatic heterocycles. The largest absolute Gasteiger partial charge is 0.490 e.